The molecule has 0 bridgehead atoms. The lowest BCUT2D eigenvalue weighted by Crippen LogP contribution is -2.41. The monoisotopic (exact) mass is 248 g/mol. The van der Waals surface area contributed by atoms with Crippen LogP contribution in [0.1, 0.15) is 29.3 Å². The Morgan fingerprint density at radius 2 is 2.33 bits per heavy atom. The fourth-order valence-electron chi connectivity index (χ4n) is 2.46. The summed E-state index contributed by atoms with van der Waals surface area (Å²) in [5, 5.41) is 13.3. The lowest BCUT2D eigenvalue weighted by molar-refractivity contribution is 0.0700. The van der Waals surface area contributed by atoms with Gasteiger partial charge in [-0.05, 0) is 38.4 Å². The smallest absolute Gasteiger partial charge is 0.257 e. The number of hydrogen-bond acceptors (Lipinski definition) is 3. The Labute approximate surface area is 108 Å². The van der Waals surface area contributed by atoms with Crippen molar-refractivity contribution >= 4 is 5.91 Å². The Bertz CT molecular complexity index is 439. The molecule has 4 nitrogen and oxygen atoms in total. The van der Waals surface area contributed by atoms with Crippen molar-refractivity contribution in [2.75, 3.05) is 19.6 Å². The first kappa shape index (κ1) is 12.9. The molecule has 1 amide bonds. The van der Waals surface area contributed by atoms with E-state index in [4.69, 9.17) is 0 Å². The summed E-state index contributed by atoms with van der Waals surface area (Å²) in [5.41, 5.74) is 1.14. The Morgan fingerprint density at radius 3 is 2.94 bits per heavy atom. The predicted octanol–water partition coefficient (Wildman–Crippen LogP) is 1.52. The Hall–Kier alpha value is -1.55. The minimum absolute atomic E-state index is 0.0765. The van der Waals surface area contributed by atoms with Gasteiger partial charge in [0.1, 0.15) is 5.75 Å². The van der Waals surface area contributed by atoms with Crippen molar-refractivity contribution in [3.05, 3.63) is 29.3 Å². The topological polar surface area (TPSA) is 52.6 Å². The molecule has 18 heavy (non-hydrogen) atoms. The molecule has 1 fully saturated rings. The van der Waals surface area contributed by atoms with E-state index in [-0.39, 0.29) is 17.7 Å². The fraction of sp³-hybridized carbons (Fsp3) is 0.500. The van der Waals surface area contributed by atoms with E-state index in [0.717, 1.165) is 25.1 Å². The zero-order valence-corrected chi connectivity index (χ0v) is 10.9. The molecule has 1 aromatic carbocycles. The number of aromatic hydroxyl groups is 1. The molecule has 1 atom stereocenters. The van der Waals surface area contributed by atoms with Crippen LogP contribution in [0.4, 0.5) is 0 Å². The van der Waals surface area contributed by atoms with Gasteiger partial charge in [-0.1, -0.05) is 12.1 Å². The highest BCUT2D eigenvalue weighted by Crippen LogP contribution is 2.24. The molecular weight excluding hydrogens is 228 g/mol. The van der Waals surface area contributed by atoms with Crippen molar-refractivity contribution < 1.29 is 9.90 Å². The molecule has 98 valence electrons. The standard InChI is InChI=1S/C14H20N2O2/c1-3-16(11-7-8-15-9-11)14(18)12-6-4-5-10(2)13(12)17/h4-6,11,15,17H,3,7-9H2,1-2H3. The Balaban J connectivity index is 2.25. The lowest BCUT2D eigenvalue weighted by Gasteiger charge is -2.27. The molecule has 0 radical (unpaired) electrons. The van der Waals surface area contributed by atoms with Crippen LogP contribution in [0.5, 0.6) is 5.75 Å². The number of amides is 1. The number of nitrogens with zero attached hydrogens (tertiary/aromatic N) is 1. The summed E-state index contributed by atoms with van der Waals surface area (Å²) in [6.45, 7) is 6.24. The maximum atomic E-state index is 12.5. The highest BCUT2D eigenvalue weighted by molar-refractivity contribution is 5.97. The normalized spacial score (nSPS) is 18.9. The molecule has 0 aromatic heterocycles. The molecule has 1 aromatic rings. The molecule has 2 N–H and O–H groups in total. The van der Waals surface area contributed by atoms with Crippen LogP contribution < -0.4 is 5.32 Å². The summed E-state index contributed by atoms with van der Waals surface area (Å²) in [6, 6.07) is 5.54. The predicted molar refractivity (Wildman–Crippen MR) is 70.8 cm³/mol. The molecule has 1 saturated heterocycles. The highest BCUT2D eigenvalue weighted by Gasteiger charge is 2.27. The van der Waals surface area contributed by atoms with Crippen molar-refractivity contribution in [2.45, 2.75) is 26.3 Å². The van der Waals surface area contributed by atoms with E-state index in [0.29, 0.717) is 12.1 Å². The number of rotatable bonds is 3. The van der Waals surface area contributed by atoms with E-state index in [1.807, 2.05) is 17.9 Å². The van der Waals surface area contributed by atoms with E-state index in [2.05, 4.69) is 5.32 Å². The second-order valence-electron chi connectivity index (χ2n) is 4.71. The number of phenolic OH excluding ortho intramolecular Hbond substituents is 1. The van der Waals surface area contributed by atoms with Crippen LogP contribution in [-0.4, -0.2) is 41.6 Å². The van der Waals surface area contributed by atoms with E-state index >= 15 is 0 Å². The average Bonchev–Trinajstić information content (AvgIpc) is 2.87. The zero-order valence-electron chi connectivity index (χ0n) is 10.9. The number of nitrogens with one attached hydrogen (secondary N) is 1. The van der Waals surface area contributed by atoms with Crippen LogP contribution in [0.25, 0.3) is 0 Å². The van der Waals surface area contributed by atoms with Crippen LogP contribution >= 0.6 is 0 Å². The minimum Gasteiger partial charge on any atom is -0.507 e. The number of benzene rings is 1. The average molecular weight is 248 g/mol. The summed E-state index contributed by atoms with van der Waals surface area (Å²) in [5.74, 6) is 0.0271. The van der Waals surface area contributed by atoms with Gasteiger partial charge in [-0.25, -0.2) is 0 Å². The molecule has 1 aliphatic heterocycles. The Kier molecular flexibility index (Phi) is 3.87. The molecule has 1 unspecified atom stereocenters. The van der Waals surface area contributed by atoms with E-state index < -0.39 is 0 Å². The van der Waals surface area contributed by atoms with Crippen LogP contribution in [-0.2, 0) is 0 Å². The molecular formula is C14H20N2O2. The van der Waals surface area contributed by atoms with E-state index in [1.165, 1.54) is 0 Å². The third kappa shape index (κ3) is 2.34. The van der Waals surface area contributed by atoms with E-state index in [1.54, 1.807) is 19.1 Å². The van der Waals surface area contributed by atoms with Crippen LogP contribution in [0.15, 0.2) is 18.2 Å². The van der Waals surface area contributed by atoms with E-state index in [9.17, 15) is 9.90 Å². The largest absolute Gasteiger partial charge is 0.507 e. The number of likely N-dealkylation sites (N-methyl/N-ethyl adjacent to an activating group) is 1. The molecule has 0 saturated carbocycles. The summed E-state index contributed by atoms with van der Waals surface area (Å²) < 4.78 is 0. The van der Waals surface area contributed by atoms with Crippen molar-refractivity contribution in [2.24, 2.45) is 0 Å². The summed E-state index contributed by atoms with van der Waals surface area (Å²) in [4.78, 5) is 14.3. The second kappa shape index (κ2) is 5.40. The van der Waals surface area contributed by atoms with Gasteiger partial charge in [-0.3, -0.25) is 4.79 Å². The van der Waals surface area contributed by atoms with Gasteiger partial charge in [-0.2, -0.15) is 0 Å². The third-order valence-electron chi connectivity index (χ3n) is 3.54. The van der Waals surface area contributed by atoms with Gasteiger partial charge in [0.05, 0.1) is 5.56 Å². The zero-order chi connectivity index (χ0) is 13.1. The first-order chi connectivity index (χ1) is 8.65. The summed E-state index contributed by atoms with van der Waals surface area (Å²) in [7, 11) is 0. The number of hydrogen-bond donors (Lipinski definition) is 2. The molecule has 1 aliphatic rings. The molecule has 0 aliphatic carbocycles. The summed E-state index contributed by atoms with van der Waals surface area (Å²) >= 11 is 0. The molecule has 2 rings (SSSR count). The van der Waals surface area contributed by atoms with Gasteiger partial charge in [0.25, 0.3) is 5.91 Å². The van der Waals surface area contributed by atoms with Crippen LogP contribution in [0.2, 0.25) is 0 Å². The van der Waals surface area contributed by atoms with Crippen molar-refractivity contribution in [3.8, 4) is 5.75 Å². The summed E-state index contributed by atoms with van der Waals surface area (Å²) in [6.07, 6.45) is 0.978. The number of para-hydroxylation sites is 1. The first-order valence-corrected chi connectivity index (χ1v) is 6.45. The Morgan fingerprint density at radius 1 is 1.56 bits per heavy atom. The van der Waals surface area contributed by atoms with Gasteiger partial charge < -0.3 is 15.3 Å². The fourth-order valence-corrected chi connectivity index (χ4v) is 2.46. The lowest BCUT2D eigenvalue weighted by atomic mass is 10.1. The van der Waals surface area contributed by atoms with Crippen LogP contribution in [0.3, 0.4) is 0 Å². The van der Waals surface area contributed by atoms with Crippen LogP contribution in [0, 0.1) is 6.92 Å². The van der Waals surface area contributed by atoms with Gasteiger partial charge in [-0.15, -0.1) is 0 Å². The molecule has 0 spiro atoms. The second-order valence-corrected chi connectivity index (χ2v) is 4.71. The molecule has 4 heteroatoms. The SMILES string of the molecule is CCN(C(=O)c1cccc(C)c1O)C1CCNC1. The minimum atomic E-state index is -0.0765. The maximum absolute atomic E-state index is 12.5. The number of carbonyl (C=O) groups excluding carboxylic acids is 1. The third-order valence-corrected chi connectivity index (χ3v) is 3.54. The quantitative estimate of drug-likeness (QED) is 0.853. The first-order valence-electron chi connectivity index (χ1n) is 6.45. The number of aryl methyl sites for hydroxylation is 1. The van der Waals surface area contributed by atoms with Gasteiger partial charge in [0, 0.05) is 19.1 Å². The van der Waals surface area contributed by atoms with Gasteiger partial charge in [0.15, 0.2) is 0 Å². The van der Waals surface area contributed by atoms with Crippen molar-refractivity contribution in [1.29, 1.82) is 0 Å². The van der Waals surface area contributed by atoms with Crippen molar-refractivity contribution in [3.63, 3.8) is 0 Å². The van der Waals surface area contributed by atoms with Crippen molar-refractivity contribution in [1.82, 2.24) is 10.2 Å². The number of phenols is 1. The maximum Gasteiger partial charge on any atom is 0.257 e. The number of carbonyl (C=O) groups is 1. The highest BCUT2D eigenvalue weighted by atomic mass is 16.3. The van der Waals surface area contributed by atoms with Gasteiger partial charge in [0.2, 0.25) is 0 Å². The van der Waals surface area contributed by atoms with Gasteiger partial charge >= 0.3 is 0 Å². The molecule has 1 heterocycles.